The van der Waals surface area contributed by atoms with E-state index in [1.54, 1.807) is 12.1 Å². The van der Waals surface area contributed by atoms with Crippen molar-refractivity contribution in [1.29, 1.82) is 0 Å². The van der Waals surface area contributed by atoms with Crippen molar-refractivity contribution in [1.82, 2.24) is 0 Å². The average molecular weight is 186 g/mol. The predicted molar refractivity (Wildman–Crippen MR) is 47.8 cm³/mol. The molecule has 0 atom stereocenters. The van der Waals surface area contributed by atoms with E-state index in [0.29, 0.717) is 10.9 Å². The second kappa shape index (κ2) is 2.63. The topological polar surface area (TPSA) is 26.0 Å². The first kappa shape index (κ1) is 7.87. The van der Waals surface area contributed by atoms with Gasteiger partial charge in [-0.05, 0) is 30.4 Å². The van der Waals surface area contributed by atoms with Gasteiger partial charge in [-0.2, -0.15) is 0 Å². The standard InChI is InChI=1S/C9H9ClFN/c10-7-4-3-6(5-1-2-5)8(11)9(7)12/h3-5H,1-2,12H2. The maximum absolute atomic E-state index is 13.3. The lowest BCUT2D eigenvalue weighted by atomic mass is 10.1. The van der Waals surface area contributed by atoms with Crippen LogP contribution in [0.3, 0.4) is 0 Å². The lowest BCUT2D eigenvalue weighted by Crippen LogP contribution is -1.96. The summed E-state index contributed by atoms with van der Waals surface area (Å²) >= 11 is 5.65. The van der Waals surface area contributed by atoms with Gasteiger partial charge < -0.3 is 5.73 Å². The molecular formula is C9H9ClFN. The van der Waals surface area contributed by atoms with Crippen LogP contribution in [0.2, 0.25) is 5.02 Å². The van der Waals surface area contributed by atoms with Crippen molar-refractivity contribution in [2.45, 2.75) is 18.8 Å². The van der Waals surface area contributed by atoms with Gasteiger partial charge in [-0.25, -0.2) is 4.39 Å². The Balaban J connectivity index is 2.49. The summed E-state index contributed by atoms with van der Waals surface area (Å²) in [5, 5.41) is 0.303. The molecule has 1 saturated carbocycles. The van der Waals surface area contributed by atoms with Crippen LogP contribution in [0.15, 0.2) is 12.1 Å². The van der Waals surface area contributed by atoms with Gasteiger partial charge in [0, 0.05) is 0 Å². The maximum Gasteiger partial charge on any atom is 0.151 e. The summed E-state index contributed by atoms with van der Waals surface area (Å²) in [6, 6.07) is 3.39. The Kier molecular flexibility index (Phi) is 1.72. The molecule has 0 aliphatic heterocycles. The summed E-state index contributed by atoms with van der Waals surface area (Å²) in [6.45, 7) is 0. The first-order valence-electron chi connectivity index (χ1n) is 3.93. The molecule has 3 heteroatoms. The van der Waals surface area contributed by atoms with Crippen molar-refractivity contribution in [3.8, 4) is 0 Å². The van der Waals surface area contributed by atoms with E-state index in [1.165, 1.54) is 0 Å². The van der Waals surface area contributed by atoms with E-state index in [9.17, 15) is 4.39 Å². The van der Waals surface area contributed by atoms with Gasteiger partial charge in [0.05, 0.1) is 10.7 Å². The second-order valence-electron chi connectivity index (χ2n) is 3.14. The molecule has 2 rings (SSSR count). The summed E-state index contributed by atoms with van der Waals surface area (Å²) in [7, 11) is 0. The van der Waals surface area contributed by atoms with E-state index < -0.39 is 0 Å². The molecule has 12 heavy (non-hydrogen) atoms. The Labute approximate surface area is 75.3 Å². The molecule has 1 aliphatic rings. The molecule has 0 saturated heterocycles. The summed E-state index contributed by atoms with van der Waals surface area (Å²) < 4.78 is 13.3. The Morgan fingerprint density at radius 1 is 1.42 bits per heavy atom. The van der Waals surface area contributed by atoms with E-state index in [0.717, 1.165) is 18.4 Å². The number of nitrogen functional groups attached to an aromatic ring is 1. The fourth-order valence-corrected chi connectivity index (χ4v) is 1.44. The number of rotatable bonds is 1. The summed E-state index contributed by atoms with van der Waals surface area (Å²) in [6.07, 6.45) is 2.13. The molecule has 1 nitrogen and oxygen atoms in total. The van der Waals surface area contributed by atoms with Gasteiger partial charge in [0.15, 0.2) is 5.82 Å². The molecule has 0 amide bonds. The van der Waals surface area contributed by atoms with E-state index >= 15 is 0 Å². The molecule has 0 aromatic heterocycles. The van der Waals surface area contributed by atoms with Gasteiger partial charge in [0.1, 0.15) is 0 Å². The van der Waals surface area contributed by atoms with Crippen LogP contribution in [0.1, 0.15) is 24.3 Å². The van der Waals surface area contributed by atoms with Gasteiger partial charge in [-0.1, -0.05) is 17.7 Å². The number of halogens is 2. The van der Waals surface area contributed by atoms with Crippen LogP contribution in [-0.2, 0) is 0 Å². The highest BCUT2D eigenvalue weighted by atomic mass is 35.5. The smallest absolute Gasteiger partial charge is 0.151 e. The fourth-order valence-electron chi connectivity index (χ4n) is 1.30. The van der Waals surface area contributed by atoms with Crippen LogP contribution in [-0.4, -0.2) is 0 Å². The minimum absolute atomic E-state index is 0.0843. The summed E-state index contributed by atoms with van der Waals surface area (Å²) in [5.41, 5.74) is 6.24. The van der Waals surface area contributed by atoms with Crippen LogP contribution in [0.25, 0.3) is 0 Å². The van der Waals surface area contributed by atoms with Gasteiger partial charge in [-0.15, -0.1) is 0 Å². The number of anilines is 1. The van der Waals surface area contributed by atoms with E-state index in [-0.39, 0.29) is 11.5 Å². The SMILES string of the molecule is Nc1c(Cl)ccc(C2CC2)c1F. The number of nitrogens with two attached hydrogens (primary N) is 1. The van der Waals surface area contributed by atoms with Crippen LogP contribution in [0.5, 0.6) is 0 Å². The van der Waals surface area contributed by atoms with Crippen molar-refractivity contribution >= 4 is 17.3 Å². The molecule has 64 valence electrons. The first-order valence-corrected chi connectivity index (χ1v) is 4.31. The number of hydrogen-bond acceptors (Lipinski definition) is 1. The largest absolute Gasteiger partial charge is 0.395 e. The lowest BCUT2D eigenvalue weighted by Gasteiger charge is -2.04. The third-order valence-corrected chi connectivity index (χ3v) is 2.50. The van der Waals surface area contributed by atoms with Gasteiger partial charge in [0.2, 0.25) is 0 Å². The molecule has 1 aliphatic carbocycles. The van der Waals surface area contributed by atoms with Crippen LogP contribution in [0.4, 0.5) is 10.1 Å². The van der Waals surface area contributed by atoms with E-state index in [2.05, 4.69) is 0 Å². The Bertz CT molecular complexity index is 321. The minimum atomic E-state index is -0.329. The zero-order valence-corrected chi connectivity index (χ0v) is 7.24. The highest BCUT2D eigenvalue weighted by Gasteiger charge is 2.27. The number of hydrogen-bond donors (Lipinski definition) is 1. The molecule has 2 N–H and O–H groups in total. The van der Waals surface area contributed by atoms with Gasteiger partial charge in [-0.3, -0.25) is 0 Å². The minimum Gasteiger partial charge on any atom is -0.395 e. The Morgan fingerprint density at radius 3 is 2.67 bits per heavy atom. The van der Waals surface area contributed by atoms with Crippen LogP contribution in [0, 0.1) is 5.82 Å². The summed E-state index contributed by atoms with van der Waals surface area (Å²) in [5.74, 6) is 0.0505. The molecule has 1 fully saturated rings. The fraction of sp³-hybridized carbons (Fsp3) is 0.333. The predicted octanol–water partition coefficient (Wildman–Crippen LogP) is 2.94. The zero-order chi connectivity index (χ0) is 8.72. The van der Waals surface area contributed by atoms with Gasteiger partial charge in [0.25, 0.3) is 0 Å². The zero-order valence-electron chi connectivity index (χ0n) is 6.48. The molecular weight excluding hydrogens is 177 g/mol. The Morgan fingerprint density at radius 2 is 2.08 bits per heavy atom. The van der Waals surface area contributed by atoms with Gasteiger partial charge >= 0.3 is 0 Å². The molecule has 1 aromatic rings. The molecule has 0 bridgehead atoms. The van der Waals surface area contributed by atoms with Crippen molar-refractivity contribution in [3.63, 3.8) is 0 Å². The van der Waals surface area contributed by atoms with Crippen molar-refractivity contribution in [3.05, 3.63) is 28.5 Å². The third-order valence-electron chi connectivity index (χ3n) is 2.17. The average Bonchev–Trinajstić information content (AvgIpc) is 2.84. The quantitative estimate of drug-likeness (QED) is 0.669. The molecule has 0 radical (unpaired) electrons. The molecule has 0 heterocycles. The van der Waals surface area contributed by atoms with Crippen LogP contribution < -0.4 is 5.73 Å². The van der Waals surface area contributed by atoms with Crippen molar-refractivity contribution < 1.29 is 4.39 Å². The normalized spacial score (nSPS) is 16.5. The lowest BCUT2D eigenvalue weighted by molar-refractivity contribution is 0.615. The monoisotopic (exact) mass is 185 g/mol. The molecule has 0 spiro atoms. The Hall–Kier alpha value is -0.760. The second-order valence-corrected chi connectivity index (χ2v) is 3.55. The van der Waals surface area contributed by atoms with Crippen LogP contribution >= 0.6 is 11.6 Å². The first-order chi connectivity index (χ1) is 5.70. The maximum atomic E-state index is 13.3. The highest BCUT2D eigenvalue weighted by molar-refractivity contribution is 6.33. The highest BCUT2D eigenvalue weighted by Crippen LogP contribution is 2.43. The molecule has 0 unspecified atom stereocenters. The summed E-state index contributed by atoms with van der Waals surface area (Å²) in [4.78, 5) is 0. The number of benzene rings is 1. The van der Waals surface area contributed by atoms with Crippen molar-refractivity contribution in [2.24, 2.45) is 0 Å². The van der Waals surface area contributed by atoms with Crippen molar-refractivity contribution in [2.75, 3.05) is 5.73 Å². The molecule has 1 aromatic carbocycles. The van der Waals surface area contributed by atoms with E-state index in [4.69, 9.17) is 17.3 Å². The third kappa shape index (κ3) is 1.16. The van der Waals surface area contributed by atoms with E-state index in [1.807, 2.05) is 0 Å².